The van der Waals surface area contributed by atoms with Crippen molar-refractivity contribution in [2.24, 2.45) is 0 Å². The third-order valence-electron chi connectivity index (χ3n) is 5.26. The minimum absolute atomic E-state index is 0.0430. The molecule has 7 nitrogen and oxygen atoms in total. The lowest BCUT2D eigenvalue weighted by atomic mass is 10.0. The molecule has 0 radical (unpaired) electrons. The molecule has 5 rings (SSSR count). The number of carbonyl (C=O) groups excluding carboxylic acids is 1. The molecular formula is C22H19N5O2. The molecular weight excluding hydrogens is 366 g/mol. The summed E-state index contributed by atoms with van der Waals surface area (Å²) in [4.78, 5) is 37.6. The van der Waals surface area contributed by atoms with E-state index in [0.29, 0.717) is 30.9 Å². The Bertz CT molecular complexity index is 1280. The van der Waals surface area contributed by atoms with Crippen LogP contribution in [0.25, 0.3) is 28.1 Å². The SMILES string of the molecule is O=C(c1ccccc1-c1ncc[nH]1)N1CC=C(n2c(=O)[nH]c3ccccc32)CC1. The van der Waals surface area contributed by atoms with Crippen molar-refractivity contribution in [2.75, 3.05) is 13.1 Å². The number of carbonyl (C=O) groups is 1. The molecule has 0 atom stereocenters. The van der Waals surface area contributed by atoms with Gasteiger partial charge in [0.25, 0.3) is 5.91 Å². The molecule has 2 aromatic heterocycles. The van der Waals surface area contributed by atoms with Crippen molar-refractivity contribution in [3.63, 3.8) is 0 Å². The number of H-pyrrole nitrogens is 2. The molecule has 0 aliphatic carbocycles. The van der Waals surface area contributed by atoms with Crippen LogP contribution in [0.2, 0.25) is 0 Å². The molecule has 2 aromatic carbocycles. The van der Waals surface area contributed by atoms with E-state index < -0.39 is 0 Å². The summed E-state index contributed by atoms with van der Waals surface area (Å²) in [5.41, 5.74) is 3.82. The van der Waals surface area contributed by atoms with E-state index in [1.54, 1.807) is 21.9 Å². The zero-order valence-corrected chi connectivity index (χ0v) is 15.6. The standard InChI is InChI=1S/C22H19N5O2/c28-21(17-6-2-1-5-16(17)20-23-11-12-24-20)26-13-9-15(10-14-26)27-19-8-4-3-7-18(19)25-22(27)29/h1-9,11-12H,10,13-14H2,(H,23,24)(H,25,29). The van der Waals surface area contributed by atoms with Gasteiger partial charge < -0.3 is 14.9 Å². The van der Waals surface area contributed by atoms with Crippen LogP contribution in [0, 0.1) is 0 Å². The van der Waals surface area contributed by atoms with Crippen LogP contribution in [0.1, 0.15) is 16.8 Å². The fraction of sp³-hybridized carbons (Fsp3) is 0.136. The molecule has 0 unspecified atom stereocenters. The number of fused-ring (bicyclic) bond motifs is 1. The Labute approximate surface area is 166 Å². The van der Waals surface area contributed by atoms with E-state index in [0.717, 1.165) is 22.3 Å². The van der Waals surface area contributed by atoms with Gasteiger partial charge in [-0.3, -0.25) is 9.36 Å². The lowest BCUT2D eigenvalue weighted by molar-refractivity contribution is 0.0772. The van der Waals surface area contributed by atoms with Crippen molar-refractivity contribution >= 4 is 22.6 Å². The number of nitrogens with one attached hydrogen (secondary N) is 2. The van der Waals surface area contributed by atoms with Crippen molar-refractivity contribution in [2.45, 2.75) is 6.42 Å². The van der Waals surface area contributed by atoms with Crippen LogP contribution in [0.15, 0.2) is 71.8 Å². The highest BCUT2D eigenvalue weighted by atomic mass is 16.2. The molecule has 1 aliphatic rings. The summed E-state index contributed by atoms with van der Waals surface area (Å²) in [7, 11) is 0. The Balaban J connectivity index is 1.44. The third kappa shape index (κ3) is 2.97. The van der Waals surface area contributed by atoms with Crippen LogP contribution >= 0.6 is 0 Å². The Morgan fingerprint density at radius 1 is 1.07 bits per heavy atom. The second-order valence-corrected chi connectivity index (χ2v) is 6.96. The number of para-hydroxylation sites is 2. The Morgan fingerprint density at radius 2 is 1.90 bits per heavy atom. The van der Waals surface area contributed by atoms with Crippen LogP contribution in [0.4, 0.5) is 0 Å². The zero-order chi connectivity index (χ0) is 19.8. The van der Waals surface area contributed by atoms with Gasteiger partial charge >= 0.3 is 5.69 Å². The minimum atomic E-state index is -0.152. The number of aromatic amines is 2. The summed E-state index contributed by atoms with van der Waals surface area (Å²) in [5.74, 6) is 0.631. The second kappa shape index (κ2) is 6.94. The van der Waals surface area contributed by atoms with Crippen molar-refractivity contribution in [3.8, 4) is 11.4 Å². The number of amides is 1. The summed E-state index contributed by atoms with van der Waals surface area (Å²) in [5, 5.41) is 0. The van der Waals surface area contributed by atoms with E-state index in [1.807, 2.05) is 54.6 Å². The molecule has 3 heterocycles. The zero-order valence-electron chi connectivity index (χ0n) is 15.6. The average Bonchev–Trinajstić information content (AvgIpc) is 3.41. The summed E-state index contributed by atoms with van der Waals surface area (Å²) < 4.78 is 1.70. The number of hydrogen-bond acceptors (Lipinski definition) is 3. The van der Waals surface area contributed by atoms with Gasteiger partial charge in [0.2, 0.25) is 0 Å². The normalized spacial score (nSPS) is 14.2. The van der Waals surface area contributed by atoms with Gasteiger partial charge in [0.1, 0.15) is 5.82 Å². The lowest BCUT2D eigenvalue weighted by Gasteiger charge is -2.27. The number of nitrogens with zero attached hydrogens (tertiary/aromatic N) is 3. The highest BCUT2D eigenvalue weighted by molar-refractivity contribution is 6.00. The van der Waals surface area contributed by atoms with E-state index >= 15 is 0 Å². The fourth-order valence-electron chi connectivity index (χ4n) is 3.84. The van der Waals surface area contributed by atoms with Crippen molar-refractivity contribution in [1.82, 2.24) is 24.4 Å². The van der Waals surface area contributed by atoms with E-state index in [9.17, 15) is 9.59 Å². The molecule has 0 fully saturated rings. The quantitative estimate of drug-likeness (QED) is 0.568. The summed E-state index contributed by atoms with van der Waals surface area (Å²) >= 11 is 0. The number of benzene rings is 2. The van der Waals surface area contributed by atoms with Crippen LogP contribution in [0.5, 0.6) is 0 Å². The summed E-state index contributed by atoms with van der Waals surface area (Å²) in [6.45, 7) is 0.996. The van der Waals surface area contributed by atoms with Crippen molar-refractivity contribution in [1.29, 1.82) is 0 Å². The van der Waals surface area contributed by atoms with E-state index in [4.69, 9.17) is 0 Å². The van der Waals surface area contributed by atoms with Crippen LogP contribution < -0.4 is 5.69 Å². The first-order valence-electron chi connectivity index (χ1n) is 9.49. The molecule has 0 bridgehead atoms. The molecule has 4 aromatic rings. The van der Waals surface area contributed by atoms with Gasteiger partial charge in [-0.15, -0.1) is 0 Å². The second-order valence-electron chi connectivity index (χ2n) is 6.96. The highest BCUT2D eigenvalue weighted by Gasteiger charge is 2.23. The number of aromatic nitrogens is 4. The van der Waals surface area contributed by atoms with Gasteiger partial charge in [-0.05, 0) is 24.3 Å². The van der Waals surface area contributed by atoms with Gasteiger partial charge in [0.15, 0.2) is 0 Å². The molecule has 144 valence electrons. The smallest absolute Gasteiger partial charge is 0.330 e. The van der Waals surface area contributed by atoms with Gasteiger partial charge in [-0.1, -0.05) is 30.3 Å². The number of imidazole rings is 2. The van der Waals surface area contributed by atoms with Gasteiger partial charge in [0, 0.05) is 43.2 Å². The van der Waals surface area contributed by atoms with E-state index in [1.165, 1.54) is 0 Å². The largest absolute Gasteiger partial charge is 0.345 e. The molecule has 2 N–H and O–H groups in total. The predicted molar refractivity (Wildman–Crippen MR) is 111 cm³/mol. The van der Waals surface area contributed by atoms with Gasteiger partial charge in [0.05, 0.1) is 16.6 Å². The molecule has 29 heavy (non-hydrogen) atoms. The first-order chi connectivity index (χ1) is 14.2. The minimum Gasteiger partial charge on any atom is -0.345 e. The Morgan fingerprint density at radius 3 is 2.69 bits per heavy atom. The van der Waals surface area contributed by atoms with Gasteiger partial charge in [-0.25, -0.2) is 9.78 Å². The molecule has 7 heteroatoms. The van der Waals surface area contributed by atoms with E-state index in [-0.39, 0.29) is 11.6 Å². The Kier molecular flexibility index (Phi) is 4.13. The van der Waals surface area contributed by atoms with Crippen molar-refractivity contribution < 1.29 is 4.79 Å². The maximum Gasteiger partial charge on any atom is 0.330 e. The number of rotatable bonds is 3. The molecule has 0 saturated carbocycles. The van der Waals surface area contributed by atoms with Crippen molar-refractivity contribution in [3.05, 3.63) is 83.0 Å². The third-order valence-corrected chi connectivity index (χ3v) is 5.26. The van der Waals surface area contributed by atoms with Gasteiger partial charge in [-0.2, -0.15) is 0 Å². The van der Waals surface area contributed by atoms with Crippen LogP contribution in [-0.4, -0.2) is 43.4 Å². The van der Waals surface area contributed by atoms with Crippen LogP contribution in [0.3, 0.4) is 0 Å². The summed E-state index contributed by atoms with van der Waals surface area (Å²) in [6, 6.07) is 15.1. The maximum absolute atomic E-state index is 13.2. The topological polar surface area (TPSA) is 86.8 Å². The highest BCUT2D eigenvalue weighted by Crippen LogP contribution is 2.24. The predicted octanol–water partition coefficient (Wildman–Crippen LogP) is 3.11. The first-order valence-corrected chi connectivity index (χ1v) is 9.49. The first kappa shape index (κ1) is 17.2. The fourth-order valence-corrected chi connectivity index (χ4v) is 3.84. The monoisotopic (exact) mass is 385 g/mol. The molecule has 1 amide bonds. The average molecular weight is 385 g/mol. The Hall–Kier alpha value is -3.87. The molecule has 0 saturated heterocycles. The van der Waals surface area contributed by atoms with E-state index in [2.05, 4.69) is 15.0 Å². The number of hydrogen-bond donors (Lipinski definition) is 2. The summed E-state index contributed by atoms with van der Waals surface area (Å²) in [6.07, 6.45) is 5.98. The molecule has 0 spiro atoms. The molecule has 1 aliphatic heterocycles. The maximum atomic E-state index is 13.2. The van der Waals surface area contributed by atoms with Crippen LogP contribution in [-0.2, 0) is 0 Å². The lowest BCUT2D eigenvalue weighted by Crippen LogP contribution is -2.36.